The van der Waals surface area contributed by atoms with Crippen LogP contribution < -0.4 is 10.1 Å². The summed E-state index contributed by atoms with van der Waals surface area (Å²) in [5.74, 6) is 0.270. The van der Waals surface area contributed by atoms with Crippen LogP contribution in [0.1, 0.15) is 22.8 Å². The van der Waals surface area contributed by atoms with Crippen molar-refractivity contribution < 1.29 is 22.5 Å². The van der Waals surface area contributed by atoms with Gasteiger partial charge >= 0.3 is 0 Å². The van der Waals surface area contributed by atoms with E-state index >= 15 is 0 Å². The van der Waals surface area contributed by atoms with Gasteiger partial charge in [-0.05, 0) is 55.8 Å². The van der Waals surface area contributed by atoms with E-state index in [1.54, 1.807) is 37.3 Å². The largest absolute Gasteiger partial charge is 0.494 e. The summed E-state index contributed by atoms with van der Waals surface area (Å²) >= 11 is 0. The molecule has 0 unspecified atom stereocenters. The molecule has 0 aliphatic heterocycles. The fourth-order valence-corrected chi connectivity index (χ4v) is 2.78. The number of carbonyl (C=O) groups excluding carboxylic acids is 1. The van der Waals surface area contributed by atoms with E-state index < -0.39 is 16.0 Å². The number of amides is 1. The molecule has 0 aliphatic carbocycles. The number of ether oxygens (including phenoxy) is 1. The molecule has 0 saturated heterocycles. The van der Waals surface area contributed by atoms with Gasteiger partial charge < -0.3 is 10.1 Å². The smallest absolute Gasteiger partial charge is 0.294 e. The maximum atomic E-state index is 12.2. The summed E-state index contributed by atoms with van der Waals surface area (Å²) in [6.07, 6.45) is 0. The van der Waals surface area contributed by atoms with Crippen molar-refractivity contribution in [3.63, 3.8) is 0 Å². The molecule has 2 N–H and O–H groups in total. The number of benzene rings is 2. The molecular formula is C16H17NO5S. The van der Waals surface area contributed by atoms with Gasteiger partial charge in [-0.2, -0.15) is 8.42 Å². The monoisotopic (exact) mass is 335 g/mol. The Morgan fingerprint density at radius 2 is 1.83 bits per heavy atom. The number of hydrogen-bond acceptors (Lipinski definition) is 4. The van der Waals surface area contributed by atoms with Gasteiger partial charge in [-0.15, -0.1) is 0 Å². The number of hydrogen-bond donors (Lipinski definition) is 2. The van der Waals surface area contributed by atoms with Gasteiger partial charge in [-0.1, -0.05) is 6.07 Å². The van der Waals surface area contributed by atoms with E-state index in [1.165, 1.54) is 12.1 Å². The first-order valence-corrected chi connectivity index (χ1v) is 8.37. The lowest BCUT2D eigenvalue weighted by molar-refractivity contribution is 0.102. The Hall–Kier alpha value is -2.38. The van der Waals surface area contributed by atoms with Gasteiger partial charge in [-0.25, -0.2) is 0 Å². The predicted molar refractivity (Wildman–Crippen MR) is 86.6 cm³/mol. The Labute approximate surface area is 134 Å². The SMILES string of the molecule is CCOc1ccc(C(=O)Nc2ccc(C)c(S(=O)(=O)O)c2)cc1. The number of anilines is 1. The molecule has 0 atom stereocenters. The van der Waals surface area contributed by atoms with Crippen LogP contribution in [0.4, 0.5) is 5.69 Å². The van der Waals surface area contributed by atoms with Gasteiger partial charge in [0.2, 0.25) is 0 Å². The normalized spacial score (nSPS) is 11.1. The Morgan fingerprint density at radius 1 is 1.17 bits per heavy atom. The van der Waals surface area contributed by atoms with Crippen molar-refractivity contribution >= 4 is 21.7 Å². The minimum Gasteiger partial charge on any atom is -0.494 e. The zero-order valence-electron chi connectivity index (χ0n) is 12.7. The third kappa shape index (κ3) is 4.30. The fraction of sp³-hybridized carbons (Fsp3) is 0.188. The van der Waals surface area contributed by atoms with Crippen molar-refractivity contribution in [3.8, 4) is 5.75 Å². The summed E-state index contributed by atoms with van der Waals surface area (Å²) in [5.41, 5.74) is 1.08. The van der Waals surface area contributed by atoms with Gasteiger partial charge in [-0.3, -0.25) is 9.35 Å². The van der Waals surface area contributed by atoms with Crippen LogP contribution in [0.3, 0.4) is 0 Å². The van der Waals surface area contributed by atoms with Crippen LogP contribution in [0.15, 0.2) is 47.4 Å². The predicted octanol–water partition coefficient (Wildman–Crippen LogP) is 2.89. The van der Waals surface area contributed by atoms with Crippen molar-refractivity contribution in [1.82, 2.24) is 0 Å². The fourth-order valence-electron chi connectivity index (χ4n) is 2.03. The summed E-state index contributed by atoms with van der Waals surface area (Å²) in [4.78, 5) is 11.9. The third-order valence-electron chi connectivity index (χ3n) is 3.15. The molecular weight excluding hydrogens is 318 g/mol. The van der Waals surface area contributed by atoms with E-state index in [1.807, 2.05) is 6.92 Å². The molecule has 2 aromatic carbocycles. The molecule has 0 spiro atoms. The first kappa shape index (κ1) is 17.0. The van der Waals surface area contributed by atoms with E-state index in [9.17, 15) is 17.8 Å². The van der Waals surface area contributed by atoms with Gasteiger partial charge in [0, 0.05) is 11.3 Å². The van der Waals surface area contributed by atoms with E-state index in [4.69, 9.17) is 4.74 Å². The molecule has 23 heavy (non-hydrogen) atoms. The molecule has 122 valence electrons. The highest BCUT2D eigenvalue weighted by Gasteiger charge is 2.15. The summed E-state index contributed by atoms with van der Waals surface area (Å²) < 4.78 is 37.1. The first-order valence-electron chi connectivity index (χ1n) is 6.93. The zero-order chi connectivity index (χ0) is 17.0. The molecule has 0 aromatic heterocycles. The minimum atomic E-state index is -4.34. The van der Waals surface area contributed by atoms with Crippen molar-refractivity contribution in [2.24, 2.45) is 0 Å². The van der Waals surface area contributed by atoms with Crippen LogP contribution in [-0.4, -0.2) is 25.5 Å². The van der Waals surface area contributed by atoms with Crippen LogP contribution in [-0.2, 0) is 10.1 Å². The molecule has 0 saturated carbocycles. The standard InChI is InChI=1S/C16H17NO5S/c1-3-22-14-8-5-12(6-9-14)16(18)17-13-7-4-11(2)15(10-13)23(19,20)21/h4-10H,3H2,1-2H3,(H,17,18)(H,19,20,21). The first-order chi connectivity index (χ1) is 10.8. The van der Waals surface area contributed by atoms with Crippen LogP contribution in [0.25, 0.3) is 0 Å². The molecule has 1 amide bonds. The van der Waals surface area contributed by atoms with Gasteiger partial charge in [0.15, 0.2) is 0 Å². The van der Waals surface area contributed by atoms with Crippen molar-refractivity contribution in [2.45, 2.75) is 18.7 Å². The quantitative estimate of drug-likeness (QED) is 0.820. The van der Waals surface area contributed by atoms with Crippen molar-refractivity contribution in [1.29, 1.82) is 0 Å². The van der Waals surface area contributed by atoms with Crippen LogP contribution >= 0.6 is 0 Å². The molecule has 0 heterocycles. The van der Waals surface area contributed by atoms with Crippen LogP contribution in [0.5, 0.6) is 5.75 Å². The molecule has 0 aliphatic rings. The summed E-state index contributed by atoms with van der Waals surface area (Å²) in [6.45, 7) is 3.96. The average Bonchev–Trinajstić information content (AvgIpc) is 2.49. The second-order valence-electron chi connectivity index (χ2n) is 4.87. The second kappa shape index (κ2) is 6.80. The maximum Gasteiger partial charge on any atom is 0.294 e. The third-order valence-corrected chi connectivity index (χ3v) is 4.15. The van der Waals surface area contributed by atoms with Crippen LogP contribution in [0.2, 0.25) is 0 Å². The van der Waals surface area contributed by atoms with Gasteiger partial charge in [0.25, 0.3) is 16.0 Å². The molecule has 2 rings (SSSR count). The highest BCUT2D eigenvalue weighted by molar-refractivity contribution is 7.85. The van der Waals surface area contributed by atoms with Crippen LogP contribution in [0, 0.1) is 6.92 Å². The lowest BCUT2D eigenvalue weighted by atomic mass is 10.2. The number of aryl methyl sites for hydroxylation is 1. The van der Waals surface area contributed by atoms with E-state index in [0.29, 0.717) is 23.5 Å². The Balaban J connectivity index is 2.20. The highest BCUT2D eigenvalue weighted by Crippen LogP contribution is 2.21. The van der Waals surface area contributed by atoms with Crippen molar-refractivity contribution in [2.75, 3.05) is 11.9 Å². The highest BCUT2D eigenvalue weighted by atomic mass is 32.2. The zero-order valence-corrected chi connectivity index (χ0v) is 13.6. The Morgan fingerprint density at radius 3 is 2.39 bits per heavy atom. The number of nitrogens with one attached hydrogen (secondary N) is 1. The Bertz CT molecular complexity index is 813. The lowest BCUT2D eigenvalue weighted by Gasteiger charge is -2.09. The second-order valence-corrected chi connectivity index (χ2v) is 6.26. The summed E-state index contributed by atoms with van der Waals surface area (Å²) in [7, 11) is -4.34. The molecule has 0 bridgehead atoms. The summed E-state index contributed by atoms with van der Waals surface area (Å²) in [6, 6.07) is 10.9. The molecule has 7 heteroatoms. The Kier molecular flexibility index (Phi) is 5.02. The lowest BCUT2D eigenvalue weighted by Crippen LogP contribution is -2.12. The summed E-state index contributed by atoms with van der Waals surface area (Å²) in [5, 5.41) is 2.59. The number of rotatable bonds is 5. The van der Waals surface area contributed by atoms with E-state index in [0.717, 1.165) is 0 Å². The van der Waals surface area contributed by atoms with Gasteiger partial charge in [0.1, 0.15) is 5.75 Å². The van der Waals surface area contributed by atoms with E-state index in [2.05, 4.69) is 5.32 Å². The number of carbonyl (C=O) groups is 1. The molecule has 0 fully saturated rings. The minimum absolute atomic E-state index is 0.234. The molecule has 6 nitrogen and oxygen atoms in total. The molecule has 0 radical (unpaired) electrons. The van der Waals surface area contributed by atoms with Crippen molar-refractivity contribution in [3.05, 3.63) is 53.6 Å². The molecule has 2 aromatic rings. The maximum absolute atomic E-state index is 12.2. The van der Waals surface area contributed by atoms with E-state index in [-0.39, 0.29) is 10.6 Å². The topological polar surface area (TPSA) is 92.7 Å². The van der Waals surface area contributed by atoms with Gasteiger partial charge in [0.05, 0.1) is 11.5 Å². The average molecular weight is 335 g/mol.